The highest BCUT2D eigenvalue weighted by Crippen LogP contribution is 2.28. The van der Waals surface area contributed by atoms with Crippen molar-refractivity contribution in [1.29, 1.82) is 0 Å². The fourth-order valence-electron chi connectivity index (χ4n) is 4.39. The van der Waals surface area contributed by atoms with Gasteiger partial charge >= 0.3 is 0 Å². The Morgan fingerprint density at radius 2 is 1.17 bits per heavy atom. The minimum Gasteiger partial charge on any atom is -0.494 e. The molecule has 5 aromatic carbocycles. The van der Waals surface area contributed by atoms with Crippen LogP contribution in [0.15, 0.2) is 143 Å². The molecule has 0 saturated carbocycles. The number of anilines is 3. The fraction of sp³-hybridized carbons (Fsp3) is 0.0882. The van der Waals surface area contributed by atoms with E-state index in [2.05, 4.69) is 10.0 Å². The van der Waals surface area contributed by atoms with E-state index in [-0.39, 0.29) is 21.2 Å². The van der Waals surface area contributed by atoms with E-state index in [9.17, 15) is 21.6 Å². The molecule has 0 aromatic heterocycles. The summed E-state index contributed by atoms with van der Waals surface area (Å²) in [4.78, 5) is 13.2. The maximum Gasteiger partial charge on any atom is 0.264 e. The van der Waals surface area contributed by atoms with Crippen LogP contribution in [0.3, 0.4) is 0 Å². The van der Waals surface area contributed by atoms with Crippen LogP contribution < -0.4 is 23.8 Å². The van der Waals surface area contributed by atoms with E-state index in [1.54, 1.807) is 78.9 Å². The Hall–Kier alpha value is -5.33. The number of nitrogens with one attached hydrogen (secondary N) is 2. The monoisotopic (exact) mass is 657 g/mol. The molecule has 0 radical (unpaired) electrons. The van der Waals surface area contributed by atoms with Gasteiger partial charge < -0.3 is 14.8 Å². The molecule has 0 saturated heterocycles. The van der Waals surface area contributed by atoms with Gasteiger partial charge in [-0.15, -0.1) is 0 Å². The van der Waals surface area contributed by atoms with Crippen LogP contribution in [0.1, 0.15) is 6.92 Å². The Kier molecular flexibility index (Phi) is 9.89. The van der Waals surface area contributed by atoms with Gasteiger partial charge in [0.15, 0.2) is 0 Å². The summed E-state index contributed by atoms with van der Waals surface area (Å²) in [6.07, 6.45) is 0. The molecule has 0 aliphatic heterocycles. The van der Waals surface area contributed by atoms with E-state index < -0.39 is 32.5 Å². The SMILES string of the molecule is CCOc1ccc(NS(=O)(=O)c2ccc(NC(=O)CN(c3ccc(Oc4ccccc4)cc3)S(=O)(=O)c3ccccc3)cc2)cc1. The number of benzene rings is 5. The molecular formula is C34H31N3O7S2. The van der Waals surface area contributed by atoms with E-state index in [1.807, 2.05) is 25.1 Å². The quantitative estimate of drug-likeness (QED) is 0.148. The van der Waals surface area contributed by atoms with Gasteiger partial charge in [-0.2, -0.15) is 0 Å². The maximum atomic E-state index is 13.7. The number of hydrogen-bond acceptors (Lipinski definition) is 7. The summed E-state index contributed by atoms with van der Waals surface area (Å²) in [5, 5.41) is 2.66. The van der Waals surface area contributed by atoms with Crippen LogP contribution in [-0.4, -0.2) is 35.9 Å². The molecule has 1 amide bonds. The Morgan fingerprint density at radius 1 is 0.630 bits per heavy atom. The highest BCUT2D eigenvalue weighted by atomic mass is 32.2. The number of carbonyl (C=O) groups excluding carboxylic acids is 1. The summed E-state index contributed by atoms with van der Waals surface area (Å²) in [6, 6.07) is 35.3. The van der Waals surface area contributed by atoms with Gasteiger partial charge in [0.25, 0.3) is 20.0 Å². The number of sulfonamides is 2. The van der Waals surface area contributed by atoms with Crippen LogP contribution in [0.25, 0.3) is 0 Å². The summed E-state index contributed by atoms with van der Waals surface area (Å²) in [5.41, 5.74) is 0.898. The van der Waals surface area contributed by atoms with Crippen molar-refractivity contribution in [3.8, 4) is 17.2 Å². The van der Waals surface area contributed by atoms with E-state index in [0.29, 0.717) is 29.5 Å². The van der Waals surface area contributed by atoms with Crippen molar-refractivity contribution >= 4 is 43.0 Å². The first-order valence-electron chi connectivity index (χ1n) is 14.2. The number of hydrogen-bond donors (Lipinski definition) is 2. The normalized spacial score (nSPS) is 11.3. The van der Waals surface area contributed by atoms with Crippen LogP contribution in [0.4, 0.5) is 17.1 Å². The Labute approximate surface area is 268 Å². The van der Waals surface area contributed by atoms with Crippen LogP contribution in [0.5, 0.6) is 17.2 Å². The van der Waals surface area contributed by atoms with Crippen molar-refractivity contribution in [3.05, 3.63) is 133 Å². The van der Waals surface area contributed by atoms with Crippen LogP contribution in [0.2, 0.25) is 0 Å². The first-order chi connectivity index (χ1) is 22.1. The van der Waals surface area contributed by atoms with Gasteiger partial charge in [0, 0.05) is 11.4 Å². The molecule has 0 atom stereocenters. The number of amides is 1. The molecule has 10 nitrogen and oxygen atoms in total. The van der Waals surface area contributed by atoms with Gasteiger partial charge in [-0.1, -0.05) is 36.4 Å². The van der Waals surface area contributed by atoms with Crippen molar-refractivity contribution in [3.63, 3.8) is 0 Å². The topological polar surface area (TPSA) is 131 Å². The van der Waals surface area contributed by atoms with Crippen molar-refractivity contribution in [2.75, 3.05) is 27.5 Å². The zero-order chi connectivity index (χ0) is 32.6. The Bertz CT molecular complexity index is 1970. The second kappa shape index (κ2) is 14.2. The average molecular weight is 658 g/mol. The highest BCUT2D eigenvalue weighted by Gasteiger charge is 2.27. The Balaban J connectivity index is 1.31. The lowest BCUT2D eigenvalue weighted by Gasteiger charge is -2.24. The number of ether oxygens (including phenoxy) is 2. The molecule has 0 spiro atoms. The predicted molar refractivity (Wildman–Crippen MR) is 177 cm³/mol. The maximum absolute atomic E-state index is 13.7. The van der Waals surface area contributed by atoms with Crippen LogP contribution in [-0.2, 0) is 24.8 Å². The standard InChI is InChI=1S/C34H31N3O7S2/c1-2-43-29-19-13-27(14-20-29)36-45(39,40)32-23-15-26(16-24-32)35-34(38)25-37(46(41,42)33-11-7-4-8-12-33)28-17-21-31(22-18-28)44-30-9-5-3-6-10-30/h3-24,36H,2,25H2,1H3,(H,35,38). The van der Waals surface area contributed by atoms with Gasteiger partial charge in [0.1, 0.15) is 23.8 Å². The number of para-hydroxylation sites is 1. The third kappa shape index (κ3) is 8.03. The van der Waals surface area contributed by atoms with E-state index in [0.717, 1.165) is 4.31 Å². The molecule has 0 aliphatic rings. The molecule has 236 valence electrons. The lowest BCUT2D eigenvalue weighted by Crippen LogP contribution is -2.38. The van der Waals surface area contributed by atoms with E-state index >= 15 is 0 Å². The average Bonchev–Trinajstić information content (AvgIpc) is 3.06. The number of rotatable bonds is 13. The van der Waals surface area contributed by atoms with Crippen LogP contribution in [0, 0.1) is 0 Å². The lowest BCUT2D eigenvalue weighted by atomic mass is 10.3. The molecular weight excluding hydrogens is 627 g/mol. The highest BCUT2D eigenvalue weighted by molar-refractivity contribution is 7.93. The van der Waals surface area contributed by atoms with E-state index in [1.165, 1.54) is 36.4 Å². The van der Waals surface area contributed by atoms with Gasteiger partial charge in [0.05, 0.1) is 22.1 Å². The minimum absolute atomic E-state index is 0.0157. The lowest BCUT2D eigenvalue weighted by molar-refractivity contribution is -0.114. The second-order valence-electron chi connectivity index (χ2n) is 9.87. The molecule has 46 heavy (non-hydrogen) atoms. The molecule has 5 aromatic rings. The van der Waals surface area contributed by atoms with Crippen molar-refractivity contribution in [2.45, 2.75) is 16.7 Å². The number of nitrogens with zero attached hydrogens (tertiary/aromatic N) is 1. The summed E-state index contributed by atoms with van der Waals surface area (Å²) in [5.74, 6) is 1.10. The van der Waals surface area contributed by atoms with Crippen molar-refractivity contribution in [2.24, 2.45) is 0 Å². The zero-order valence-electron chi connectivity index (χ0n) is 24.7. The molecule has 0 unspecified atom stereocenters. The molecule has 12 heteroatoms. The summed E-state index contributed by atoms with van der Waals surface area (Å²) in [6.45, 7) is 1.80. The van der Waals surface area contributed by atoms with Gasteiger partial charge in [-0.3, -0.25) is 13.8 Å². The molecule has 0 aliphatic carbocycles. The molecule has 0 bridgehead atoms. The summed E-state index contributed by atoms with van der Waals surface area (Å²) >= 11 is 0. The fourth-order valence-corrected chi connectivity index (χ4v) is 6.89. The summed E-state index contributed by atoms with van der Waals surface area (Å²) < 4.78 is 67.9. The molecule has 2 N–H and O–H groups in total. The van der Waals surface area contributed by atoms with E-state index in [4.69, 9.17) is 9.47 Å². The minimum atomic E-state index is -4.14. The second-order valence-corrected chi connectivity index (χ2v) is 13.4. The number of carbonyl (C=O) groups is 1. The van der Waals surface area contributed by atoms with Gasteiger partial charge in [-0.05, 0) is 104 Å². The largest absolute Gasteiger partial charge is 0.494 e. The molecule has 0 heterocycles. The molecule has 0 fully saturated rings. The van der Waals surface area contributed by atoms with Crippen LogP contribution >= 0.6 is 0 Å². The molecule has 5 rings (SSSR count). The zero-order valence-corrected chi connectivity index (χ0v) is 26.4. The third-order valence-corrected chi connectivity index (χ3v) is 9.77. The smallest absolute Gasteiger partial charge is 0.264 e. The van der Waals surface area contributed by atoms with Crippen molar-refractivity contribution < 1.29 is 31.1 Å². The third-order valence-electron chi connectivity index (χ3n) is 6.59. The van der Waals surface area contributed by atoms with Crippen molar-refractivity contribution in [1.82, 2.24) is 0 Å². The first kappa shape index (κ1) is 32.1. The Morgan fingerprint density at radius 3 is 1.78 bits per heavy atom. The predicted octanol–water partition coefficient (Wildman–Crippen LogP) is 6.51. The summed E-state index contributed by atoms with van der Waals surface area (Å²) in [7, 11) is -8.05. The van der Waals surface area contributed by atoms with Gasteiger partial charge in [0.2, 0.25) is 5.91 Å². The van der Waals surface area contributed by atoms with Gasteiger partial charge in [-0.25, -0.2) is 16.8 Å². The first-order valence-corrected chi connectivity index (χ1v) is 17.1.